The van der Waals surface area contributed by atoms with E-state index in [2.05, 4.69) is 18.8 Å². The Morgan fingerprint density at radius 1 is 1.42 bits per heavy atom. The van der Waals surface area contributed by atoms with E-state index in [1.807, 2.05) is 29.6 Å². The number of hydrogen-bond donors (Lipinski definition) is 0. The lowest BCUT2D eigenvalue weighted by Crippen LogP contribution is -2.45. The van der Waals surface area contributed by atoms with Gasteiger partial charge in [-0.15, -0.1) is 0 Å². The van der Waals surface area contributed by atoms with Gasteiger partial charge in [0.1, 0.15) is 0 Å². The van der Waals surface area contributed by atoms with Crippen molar-refractivity contribution in [3.63, 3.8) is 0 Å². The quantitative estimate of drug-likeness (QED) is 0.799. The van der Waals surface area contributed by atoms with Crippen molar-refractivity contribution in [2.45, 2.75) is 37.6 Å². The fraction of sp³-hybridized carbons (Fsp3) is 0.714. The van der Waals surface area contributed by atoms with Crippen molar-refractivity contribution in [2.24, 2.45) is 18.9 Å². The van der Waals surface area contributed by atoms with Crippen LogP contribution < -0.4 is 0 Å². The Hall–Kier alpha value is -0.970. The number of rotatable bonds is 3. The number of aromatic nitrogens is 2. The van der Waals surface area contributed by atoms with Gasteiger partial charge in [0.25, 0.3) is 0 Å². The molecule has 0 aromatic carbocycles. The van der Waals surface area contributed by atoms with E-state index in [1.54, 1.807) is 18.0 Å². The van der Waals surface area contributed by atoms with E-state index >= 15 is 0 Å². The Kier molecular flexibility index (Phi) is 4.55. The lowest BCUT2D eigenvalue weighted by Gasteiger charge is -2.36. The van der Waals surface area contributed by atoms with Crippen molar-refractivity contribution in [2.75, 3.05) is 13.1 Å². The number of carbonyl (C=O) groups is 1. The minimum Gasteiger partial charge on any atom is -0.341 e. The first-order valence-electron chi connectivity index (χ1n) is 6.90. The molecule has 1 aromatic rings. The third-order valence-corrected chi connectivity index (χ3v) is 4.75. The normalized spacial score (nSPS) is 25.4. The third-order valence-electron chi connectivity index (χ3n) is 3.59. The molecule has 0 aliphatic carbocycles. The van der Waals surface area contributed by atoms with Crippen LogP contribution in [0.25, 0.3) is 0 Å². The fourth-order valence-electron chi connectivity index (χ4n) is 2.77. The van der Waals surface area contributed by atoms with Crippen molar-refractivity contribution >= 4 is 17.7 Å². The van der Waals surface area contributed by atoms with Crippen molar-refractivity contribution in [1.82, 2.24) is 14.5 Å². The predicted octanol–water partition coefficient (Wildman–Crippen LogP) is 2.41. The van der Waals surface area contributed by atoms with E-state index in [-0.39, 0.29) is 11.2 Å². The fourth-order valence-corrected chi connectivity index (χ4v) is 3.69. The molecular weight excluding hydrogens is 258 g/mol. The van der Waals surface area contributed by atoms with Gasteiger partial charge in [-0.25, -0.2) is 4.98 Å². The highest BCUT2D eigenvalue weighted by molar-refractivity contribution is 8.00. The summed E-state index contributed by atoms with van der Waals surface area (Å²) in [4.78, 5) is 18.8. The molecule has 5 heteroatoms. The maximum atomic E-state index is 12.5. The Balaban J connectivity index is 1.97. The number of imidazole rings is 1. The SMILES string of the molecule is CC1CC(C)CN(C(=O)C(C)Sc2nccn2C)C1. The first-order chi connectivity index (χ1) is 8.97. The largest absolute Gasteiger partial charge is 0.341 e. The molecule has 0 bridgehead atoms. The molecule has 1 aliphatic rings. The van der Waals surface area contributed by atoms with Crippen LogP contribution in [0.5, 0.6) is 0 Å². The molecule has 19 heavy (non-hydrogen) atoms. The monoisotopic (exact) mass is 281 g/mol. The lowest BCUT2D eigenvalue weighted by atomic mass is 9.92. The van der Waals surface area contributed by atoms with Gasteiger partial charge in [-0.1, -0.05) is 25.6 Å². The second kappa shape index (κ2) is 5.99. The number of hydrogen-bond acceptors (Lipinski definition) is 3. The van der Waals surface area contributed by atoms with Gasteiger partial charge in [-0.3, -0.25) is 4.79 Å². The van der Waals surface area contributed by atoms with Gasteiger partial charge in [0.2, 0.25) is 5.91 Å². The summed E-state index contributed by atoms with van der Waals surface area (Å²) in [5.74, 6) is 1.46. The molecule has 2 rings (SSSR count). The topological polar surface area (TPSA) is 38.1 Å². The zero-order valence-corrected chi connectivity index (χ0v) is 13.0. The highest BCUT2D eigenvalue weighted by Crippen LogP contribution is 2.26. The molecule has 3 atom stereocenters. The molecule has 0 radical (unpaired) electrons. The van der Waals surface area contributed by atoms with Crippen LogP contribution in [0.15, 0.2) is 17.6 Å². The second-order valence-corrected chi connectivity index (χ2v) is 7.08. The summed E-state index contributed by atoms with van der Waals surface area (Å²) in [5.41, 5.74) is 0. The summed E-state index contributed by atoms with van der Waals surface area (Å²) in [6.07, 6.45) is 4.90. The smallest absolute Gasteiger partial charge is 0.235 e. The first kappa shape index (κ1) is 14.4. The van der Waals surface area contributed by atoms with E-state index in [1.165, 1.54) is 6.42 Å². The number of thioether (sulfide) groups is 1. The molecule has 1 aliphatic heterocycles. The van der Waals surface area contributed by atoms with Gasteiger partial charge in [0.15, 0.2) is 5.16 Å². The minimum atomic E-state index is -0.0707. The molecule has 3 unspecified atom stereocenters. The Morgan fingerprint density at radius 2 is 2.05 bits per heavy atom. The number of likely N-dealkylation sites (tertiary alicyclic amines) is 1. The van der Waals surface area contributed by atoms with Crippen molar-refractivity contribution in [3.05, 3.63) is 12.4 Å². The van der Waals surface area contributed by atoms with E-state index < -0.39 is 0 Å². The van der Waals surface area contributed by atoms with Gasteiger partial charge in [0, 0.05) is 32.5 Å². The summed E-state index contributed by atoms with van der Waals surface area (Å²) < 4.78 is 1.95. The third kappa shape index (κ3) is 3.53. The Labute approximate surface area is 119 Å². The van der Waals surface area contributed by atoms with Crippen LogP contribution >= 0.6 is 11.8 Å². The van der Waals surface area contributed by atoms with Gasteiger partial charge >= 0.3 is 0 Å². The van der Waals surface area contributed by atoms with Crippen LogP contribution in [-0.4, -0.2) is 38.7 Å². The molecule has 1 saturated heterocycles. The van der Waals surface area contributed by atoms with Crippen LogP contribution in [0.3, 0.4) is 0 Å². The average Bonchev–Trinajstić information content (AvgIpc) is 2.72. The van der Waals surface area contributed by atoms with Crippen LogP contribution in [0, 0.1) is 11.8 Å². The molecule has 1 amide bonds. The van der Waals surface area contributed by atoms with Crippen LogP contribution in [-0.2, 0) is 11.8 Å². The summed E-state index contributed by atoms with van der Waals surface area (Å²) in [6.45, 7) is 8.23. The Morgan fingerprint density at radius 3 is 2.58 bits per heavy atom. The number of carbonyl (C=O) groups excluding carboxylic acids is 1. The maximum absolute atomic E-state index is 12.5. The Bertz CT molecular complexity index is 436. The minimum absolute atomic E-state index is 0.0707. The highest BCUT2D eigenvalue weighted by Gasteiger charge is 2.29. The van der Waals surface area contributed by atoms with E-state index in [4.69, 9.17) is 0 Å². The first-order valence-corrected chi connectivity index (χ1v) is 7.78. The standard InChI is InChI=1S/C14H23N3OS/c1-10-7-11(2)9-17(8-10)13(18)12(3)19-14-15-5-6-16(14)4/h5-6,10-12H,7-9H2,1-4H3. The van der Waals surface area contributed by atoms with Gasteiger partial charge in [-0.2, -0.15) is 0 Å². The molecular formula is C14H23N3OS. The van der Waals surface area contributed by atoms with E-state index in [9.17, 15) is 4.79 Å². The molecule has 0 spiro atoms. The lowest BCUT2D eigenvalue weighted by molar-refractivity contribution is -0.132. The number of aryl methyl sites for hydroxylation is 1. The summed E-state index contributed by atoms with van der Waals surface area (Å²) in [7, 11) is 1.96. The summed E-state index contributed by atoms with van der Waals surface area (Å²) in [5, 5.41) is 0.831. The maximum Gasteiger partial charge on any atom is 0.235 e. The molecule has 1 fully saturated rings. The summed E-state index contributed by atoms with van der Waals surface area (Å²) >= 11 is 1.54. The molecule has 106 valence electrons. The zero-order valence-electron chi connectivity index (χ0n) is 12.2. The number of piperidine rings is 1. The molecule has 2 heterocycles. The highest BCUT2D eigenvalue weighted by atomic mass is 32.2. The van der Waals surface area contributed by atoms with Gasteiger partial charge < -0.3 is 9.47 Å². The van der Waals surface area contributed by atoms with E-state index in [0.29, 0.717) is 11.8 Å². The van der Waals surface area contributed by atoms with E-state index in [0.717, 1.165) is 18.2 Å². The molecule has 4 nitrogen and oxygen atoms in total. The average molecular weight is 281 g/mol. The van der Waals surface area contributed by atoms with Crippen molar-refractivity contribution in [3.8, 4) is 0 Å². The zero-order chi connectivity index (χ0) is 14.0. The molecule has 1 aromatic heterocycles. The summed E-state index contributed by atoms with van der Waals surface area (Å²) in [6, 6.07) is 0. The van der Waals surface area contributed by atoms with Crippen molar-refractivity contribution in [1.29, 1.82) is 0 Å². The van der Waals surface area contributed by atoms with Crippen LogP contribution in [0.4, 0.5) is 0 Å². The molecule has 0 saturated carbocycles. The van der Waals surface area contributed by atoms with Crippen molar-refractivity contribution < 1.29 is 4.79 Å². The van der Waals surface area contributed by atoms with Gasteiger partial charge in [0.05, 0.1) is 5.25 Å². The molecule has 0 N–H and O–H groups in total. The van der Waals surface area contributed by atoms with Crippen LogP contribution in [0.1, 0.15) is 27.2 Å². The van der Waals surface area contributed by atoms with Gasteiger partial charge in [-0.05, 0) is 25.2 Å². The predicted molar refractivity (Wildman–Crippen MR) is 78.1 cm³/mol. The second-order valence-electron chi connectivity index (χ2n) is 5.77. The number of amides is 1. The van der Waals surface area contributed by atoms with Crippen LogP contribution in [0.2, 0.25) is 0 Å². The number of nitrogens with zero attached hydrogens (tertiary/aromatic N) is 3.